The lowest BCUT2D eigenvalue weighted by molar-refractivity contribution is -0.117. The summed E-state index contributed by atoms with van der Waals surface area (Å²) in [4.78, 5) is 13.1. The van der Waals surface area contributed by atoms with E-state index in [0.717, 1.165) is 0 Å². The maximum atomic E-state index is 13.8. The van der Waals surface area contributed by atoms with Crippen molar-refractivity contribution >= 4 is 37.5 Å². The lowest BCUT2D eigenvalue weighted by atomic mass is 10.1. The molecule has 0 saturated carbocycles. The number of nitrogens with zero attached hydrogens (tertiary/aromatic N) is 1. The summed E-state index contributed by atoms with van der Waals surface area (Å²) in [7, 11) is -3.77. The van der Waals surface area contributed by atoms with Crippen LogP contribution in [0, 0.1) is 12.7 Å². The second-order valence-electron chi connectivity index (χ2n) is 4.42. The average molecular weight is 351 g/mol. The second kappa shape index (κ2) is 4.84. The normalized spacial score (nSPS) is 20.1. The molecule has 0 aromatic heterocycles. The van der Waals surface area contributed by atoms with Gasteiger partial charge in [-0.1, -0.05) is 0 Å². The summed E-state index contributed by atoms with van der Waals surface area (Å²) in [6.45, 7) is 1.49. The topological polar surface area (TPSA) is 80.5 Å². The van der Waals surface area contributed by atoms with E-state index in [4.69, 9.17) is 5.14 Å². The van der Waals surface area contributed by atoms with Crippen LogP contribution in [0.1, 0.15) is 12.0 Å². The molecular weight excluding hydrogens is 339 g/mol. The van der Waals surface area contributed by atoms with Gasteiger partial charge in [0, 0.05) is 24.2 Å². The molecule has 2 N–H and O–H groups in total. The van der Waals surface area contributed by atoms with Gasteiger partial charge in [-0.15, -0.1) is 0 Å². The Balaban J connectivity index is 2.39. The van der Waals surface area contributed by atoms with Crippen molar-refractivity contribution in [2.45, 2.75) is 18.6 Å². The lowest BCUT2D eigenvalue weighted by Gasteiger charge is -2.19. The molecule has 19 heavy (non-hydrogen) atoms. The van der Waals surface area contributed by atoms with Crippen molar-refractivity contribution < 1.29 is 17.6 Å². The zero-order valence-electron chi connectivity index (χ0n) is 10.1. The smallest absolute Gasteiger partial charge is 0.228 e. The SMILES string of the molecule is Cc1c(N2CC(S(N)(=O)=O)CC2=O)ccc(Br)c1F. The third kappa shape index (κ3) is 2.65. The molecule has 104 valence electrons. The number of nitrogens with two attached hydrogens (primary N) is 1. The Kier molecular flexibility index (Phi) is 3.67. The molecule has 0 spiro atoms. The van der Waals surface area contributed by atoms with Gasteiger partial charge in [0.1, 0.15) is 11.1 Å². The van der Waals surface area contributed by atoms with Crippen molar-refractivity contribution in [2.75, 3.05) is 11.4 Å². The number of hydrogen-bond donors (Lipinski definition) is 1. The number of carbonyl (C=O) groups excluding carboxylic acids is 1. The number of benzene rings is 1. The molecule has 5 nitrogen and oxygen atoms in total. The van der Waals surface area contributed by atoms with Gasteiger partial charge in [0.25, 0.3) is 0 Å². The van der Waals surface area contributed by atoms with Crippen LogP contribution in [0.25, 0.3) is 0 Å². The molecule has 1 aromatic carbocycles. The number of sulfonamides is 1. The van der Waals surface area contributed by atoms with Crippen LogP contribution >= 0.6 is 15.9 Å². The van der Waals surface area contributed by atoms with Gasteiger partial charge < -0.3 is 4.90 Å². The van der Waals surface area contributed by atoms with E-state index < -0.39 is 21.1 Å². The molecule has 0 radical (unpaired) electrons. The molecular formula is C11H12BrFN2O3S. The first kappa shape index (κ1) is 14.4. The van der Waals surface area contributed by atoms with Gasteiger partial charge in [-0.2, -0.15) is 0 Å². The number of carbonyl (C=O) groups is 1. The Bertz CT molecular complexity index is 648. The van der Waals surface area contributed by atoms with Crippen molar-refractivity contribution in [3.8, 4) is 0 Å². The second-order valence-corrected chi connectivity index (χ2v) is 7.12. The van der Waals surface area contributed by atoms with Crippen LogP contribution in [0.2, 0.25) is 0 Å². The van der Waals surface area contributed by atoms with Gasteiger partial charge in [0.15, 0.2) is 0 Å². The Labute approximate surface area is 118 Å². The summed E-state index contributed by atoms with van der Waals surface area (Å²) in [5.74, 6) is -0.840. The lowest BCUT2D eigenvalue weighted by Crippen LogP contribution is -2.32. The molecule has 1 heterocycles. The first-order valence-corrected chi connectivity index (χ1v) is 7.88. The number of hydrogen-bond acceptors (Lipinski definition) is 3. The Hall–Kier alpha value is -0.990. The van der Waals surface area contributed by atoms with Crippen LogP contribution in [-0.4, -0.2) is 26.1 Å². The van der Waals surface area contributed by atoms with Crippen LogP contribution in [0.5, 0.6) is 0 Å². The molecule has 1 fully saturated rings. The fourth-order valence-corrected chi connectivity index (χ4v) is 3.22. The molecule has 0 aliphatic carbocycles. The van der Waals surface area contributed by atoms with Crippen LogP contribution in [0.4, 0.5) is 10.1 Å². The van der Waals surface area contributed by atoms with E-state index in [1.54, 1.807) is 6.07 Å². The maximum absolute atomic E-state index is 13.8. The Morgan fingerprint density at radius 2 is 2.11 bits per heavy atom. The molecule has 1 unspecified atom stereocenters. The Morgan fingerprint density at radius 1 is 1.47 bits per heavy atom. The summed E-state index contributed by atoms with van der Waals surface area (Å²) in [5.41, 5.74) is 0.662. The summed E-state index contributed by atoms with van der Waals surface area (Å²) < 4.78 is 36.6. The van der Waals surface area contributed by atoms with Gasteiger partial charge in [-0.25, -0.2) is 17.9 Å². The molecule has 1 atom stereocenters. The van der Waals surface area contributed by atoms with Crippen molar-refractivity contribution in [2.24, 2.45) is 5.14 Å². The predicted octanol–water partition coefficient (Wildman–Crippen LogP) is 1.29. The number of amides is 1. The van der Waals surface area contributed by atoms with E-state index in [9.17, 15) is 17.6 Å². The van der Waals surface area contributed by atoms with Gasteiger partial charge in [0.2, 0.25) is 15.9 Å². The van der Waals surface area contributed by atoms with Gasteiger partial charge in [-0.3, -0.25) is 4.79 Å². The fraction of sp³-hybridized carbons (Fsp3) is 0.364. The predicted molar refractivity (Wildman–Crippen MR) is 72.7 cm³/mol. The van der Waals surface area contributed by atoms with Crippen LogP contribution in [0.3, 0.4) is 0 Å². The quantitative estimate of drug-likeness (QED) is 0.872. The molecule has 8 heteroatoms. The average Bonchev–Trinajstić information content (AvgIpc) is 2.68. The monoisotopic (exact) mass is 350 g/mol. The molecule has 1 aliphatic rings. The molecule has 1 amide bonds. The van der Waals surface area contributed by atoms with Crippen molar-refractivity contribution in [1.82, 2.24) is 0 Å². The van der Waals surface area contributed by atoms with Crippen molar-refractivity contribution in [3.63, 3.8) is 0 Å². The van der Waals surface area contributed by atoms with E-state index in [-0.39, 0.29) is 24.4 Å². The third-order valence-electron chi connectivity index (χ3n) is 3.16. The summed E-state index contributed by atoms with van der Waals surface area (Å²) in [5, 5.41) is 4.11. The summed E-state index contributed by atoms with van der Waals surface area (Å²) in [6, 6.07) is 3.06. The van der Waals surface area contributed by atoms with Crippen molar-refractivity contribution in [1.29, 1.82) is 0 Å². The number of primary sulfonamides is 1. The molecule has 1 aromatic rings. The molecule has 1 saturated heterocycles. The van der Waals surface area contributed by atoms with Gasteiger partial charge in [0.05, 0.1) is 4.47 Å². The highest BCUT2D eigenvalue weighted by molar-refractivity contribution is 9.10. The number of anilines is 1. The number of halogens is 2. The van der Waals surface area contributed by atoms with Crippen LogP contribution in [0.15, 0.2) is 16.6 Å². The minimum Gasteiger partial charge on any atom is -0.311 e. The van der Waals surface area contributed by atoms with Crippen LogP contribution < -0.4 is 10.0 Å². The minimum absolute atomic E-state index is 0.0421. The van der Waals surface area contributed by atoms with Gasteiger partial charge >= 0.3 is 0 Å². The van der Waals surface area contributed by atoms with E-state index >= 15 is 0 Å². The van der Waals surface area contributed by atoms with Gasteiger partial charge in [-0.05, 0) is 35.0 Å². The zero-order valence-corrected chi connectivity index (χ0v) is 12.5. The highest BCUT2D eigenvalue weighted by atomic mass is 79.9. The third-order valence-corrected chi connectivity index (χ3v) is 5.01. The van der Waals surface area contributed by atoms with Crippen molar-refractivity contribution in [3.05, 3.63) is 28.0 Å². The number of rotatable bonds is 2. The summed E-state index contributed by atoms with van der Waals surface area (Å²) in [6.07, 6.45) is -0.171. The minimum atomic E-state index is -3.77. The Morgan fingerprint density at radius 3 is 2.63 bits per heavy atom. The summed E-state index contributed by atoms with van der Waals surface area (Å²) >= 11 is 3.05. The largest absolute Gasteiger partial charge is 0.311 e. The molecule has 0 bridgehead atoms. The van der Waals surface area contributed by atoms with Crippen LogP contribution in [-0.2, 0) is 14.8 Å². The first-order valence-electron chi connectivity index (χ1n) is 5.48. The van der Waals surface area contributed by atoms with E-state index in [1.165, 1.54) is 17.9 Å². The molecule has 2 rings (SSSR count). The highest BCUT2D eigenvalue weighted by Gasteiger charge is 2.37. The standard InChI is InChI=1S/C11H12BrFN2O3S/c1-6-9(3-2-8(12)11(6)13)15-5-7(4-10(15)16)19(14,17)18/h2-3,7H,4-5H2,1H3,(H2,14,17,18). The highest BCUT2D eigenvalue weighted by Crippen LogP contribution is 2.31. The fourth-order valence-electron chi connectivity index (χ4n) is 2.06. The van der Waals surface area contributed by atoms with E-state index in [0.29, 0.717) is 10.2 Å². The molecule has 1 aliphatic heterocycles. The van der Waals surface area contributed by atoms with E-state index in [1.807, 2.05) is 0 Å². The first-order chi connectivity index (χ1) is 8.71. The zero-order chi connectivity index (χ0) is 14.4. The maximum Gasteiger partial charge on any atom is 0.228 e. The van der Waals surface area contributed by atoms with E-state index in [2.05, 4.69) is 15.9 Å².